The second-order valence-electron chi connectivity index (χ2n) is 5.33. The van der Waals surface area contributed by atoms with Crippen LogP contribution in [0.3, 0.4) is 0 Å². The van der Waals surface area contributed by atoms with Crippen molar-refractivity contribution in [1.29, 1.82) is 0 Å². The fourth-order valence-electron chi connectivity index (χ4n) is 2.94. The number of amides is 2. The maximum atomic E-state index is 11.7. The van der Waals surface area contributed by atoms with E-state index >= 15 is 0 Å². The number of hydrogen-bond acceptors (Lipinski definition) is 4. The van der Waals surface area contributed by atoms with Crippen LogP contribution in [0, 0.1) is 5.92 Å². The monoisotopic (exact) mass is 300 g/mol. The first-order valence-electron chi connectivity index (χ1n) is 7.16. The third kappa shape index (κ3) is 5.00. The second-order valence-corrected chi connectivity index (χ2v) is 5.33. The van der Waals surface area contributed by atoms with Crippen LogP contribution in [0.2, 0.25) is 0 Å². The lowest BCUT2D eigenvalue weighted by molar-refractivity contribution is -0.152. The molecule has 0 spiro atoms. The van der Waals surface area contributed by atoms with Crippen LogP contribution in [0.25, 0.3) is 0 Å². The van der Waals surface area contributed by atoms with Gasteiger partial charge in [-0.05, 0) is 19.3 Å². The molecule has 3 atom stereocenters. The Hall–Kier alpha value is -1.63. The van der Waals surface area contributed by atoms with Crippen LogP contribution in [-0.4, -0.2) is 60.1 Å². The van der Waals surface area contributed by atoms with E-state index in [0.29, 0.717) is 13.2 Å². The van der Waals surface area contributed by atoms with Gasteiger partial charge in [0.05, 0.1) is 18.8 Å². The van der Waals surface area contributed by atoms with E-state index in [4.69, 9.17) is 14.6 Å². The Bertz CT molecular complexity index is 395. The van der Waals surface area contributed by atoms with Crippen molar-refractivity contribution in [3.8, 4) is 0 Å². The molecule has 2 amide bonds. The molecule has 1 saturated carbocycles. The number of carbonyl (C=O) groups excluding carboxylic acids is 2. The van der Waals surface area contributed by atoms with Crippen molar-refractivity contribution in [3.63, 3.8) is 0 Å². The maximum absolute atomic E-state index is 11.7. The summed E-state index contributed by atoms with van der Waals surface area (Å²) in [5.74, 6) is -0.650. The van der Waals surface area contributed by atoms with Gasteiger partial charge in [0.2, 0.25) is 11.8 Å². The van der Waals surface area contributed by atoms with Gasteiger partial charge in [0.1, 0.15) is 0 Å². The van der Waals surface area contributed by atoms with Crippen molar-refractivity contribution >= 4 is 17.8 Å². The van der Waals surface area contributed by atoms with E-state index in [1.54, 1.807) is 14.0 Å². The van der Waals surface area contributed by atoms with Gasteiger partial charge in [-0.1, -0.05) is 0 Å². The number of carboxylic acid groups (broad SMARTS) is 1. The molecule has 1 aliphatic heterocycles. The Balaban J connectivity index is 0.000000491. The predicted octanol–water partition coefficient (Wildman–Crippen LogP) is 0.239. The molecular formula is C14H24N2O5. The molecule has 7 heteroatoms. The smallest absolute Gasteiger partial charge is 0.300 e. The van der Waals surface area contributed by atoms with Crippen LogP contribution in [0.15, 0.2) is 0 Å². The average molecular weight is 300 g/mol. The fourth-order valence-corrected chi connectivity index (χ4v) is 2.94. The fraction of sp³-hybridized carbons (Fsp3) is 0.786. The highest BCUT2D eigenvalue weighted by atomic mass is 16.5. The highest BCUT2D eigenvalue weighted by Crippen LogP contribution is 2.32. The quantitative estimate of drug-likeness (QED) is 0.723. The number of nitrogens with zero attached hydrogens (tertiary/aromatic N) is 1. The first-order chi connectivity index (χ1) is 9.86. The molecule has 0 unspecified atom stereocenters. The van der Waals surface area contributed by atoms with Gasteiger partial charge >= 0.3 is 0 Å². The Morgan fingerprint density at radius 2 is 1.86 bits per heavy atom. The SMILES string of the molecule is CC(=O)O.CNC(=O)[C@H]1CC[C@H]2OCCN(C(C)=O)[C@@H]2C1. The summed E-state index contributed by atoms with van der Waals surface area (Å²) in [7, 11) is 1.66. The Kier molecular flexibility index (Phi) is 6.61. The number of fused-ring (bicyclic) bond motifs is 1. The molecule has 0 aromatic carbocycles. The molecule has 2 N–H and O–H groups in total. The first-order valence-corrected chi connectivity index (χ1v) is 7.16. The number of carboxylic acids is 1. The van der Waals surface area contributed by atoms with Crippen molar-refractivity contribution in [3.05, 3.63) is 0 Å². The summed E-state index contributed by atoms with van der Waals surface area (Å²) in [6.45, 7) is 3.94. The zero-order valence-electron chi connectivity index (χ0n) is 12.8. The predicted molar refractivity (Wildman–Crippen MR) is 75.6 cm³/mol. The van der Waals surface area contributed by atoms with Crippen molar-refractivity contribution in [2.45, 2.75) is 45.3 Å². The van der Waals surface area contributed by atoms with E-state index in [2.05, 4.69) is 5.32 Å². The molecule has 1 heterocycles. The van der Waals surface area contributed by atoms with Crippen LogP contribution in [-0.2, 0) is 19.1 Å². The zero-order chi connectivity index (χ0) is 16.0. The number of rotatable bonds is 1. The molecule has 21 heavy (non-hydrogen) atoms. The molecule has 0 radical (unpaired) electrons. The average Bonchev–Trinajstić information content (AvgIpc) is 2.44. The van der Waals surface area contributed by atoms with Crippen LogP contribution in [0.4, 0.5) is 0 Å². The number of hydrogen-bond donors (Lipinski definition) is 2. The van der Waals surface area contributed by atoms with Crippen molar-refractivity contribution in [2.24, 2.45) is 5.92 Å². The zero-order valence-corrected chi connectivity index (χ0v) is 12.8. The van der Waals surface area contributed by atoms with Gasteiger partial charge in [0.15, 0.2) is 0 Å². The molecule has 2 aliphatic rings. The number of carbonyl (C=O) groups is 3. The van der Waals surface area contributed by atoms with Gasteiger partial charge in [-0.25, -0.2) is 0 Å². The molecule has 0 aromatic heterocycles. The molecule has 2 rings (SSSR count). The summed E-state index contributed by atoms with van der Waals surface area (Å²) >= 11 is 0. The number of aliphatic carboxylic acids is 1. The normalized spacial score (nSPS) is 27.8. The summed E-state index contributed by atoms with van der Waals surface area (Å²) in [6, 6.07) is 0.0808. The lowest BCUT2D eigenvalue weighted by Gasteiger charge is -2.45. The van der Waals surface area contributed by atoms with Crippen molar-refractivity contribution in [2.75, 3.05) is 20.2 Å². The molecule has 1 saturated heterocycles. The number of ether oxygens (including phenoxy) is 1. The van der Waals surface area contributed by atoms with Gasteiger partial charge in [-0.3, -0.25) is 14.4 Å². The third-order valence-electron chi connectivity index (χ3n) is 3.84. The topological polar surface area (TPSA) is 95.9 Å². The third-order valence-corrected chi connectivity index (χ3v) is 3.84. The van der Waals surface area contributed by atoms with Crippen LogP contribution < -0.4 is 5.32 Å². The summed E-state index contributed by atoms with van der Waals surface area (Å²) < 4.78 is 5.70. The van der Waals surface area contributed by atoms with Gasteiger partial charge in [-0.2, -0.15) is 0 Å². The Morgan fingerprint density at radius 3 is 2.38 bits per heavy atom. The van der Waals surface area contributed by atoms with E-state index in [-0.39, 0.29) is 29.9 Å². The highest BCUT2D eigenvalue weighted by molar-refractivity contribution is 5.79. The van der Waals surface area contributed by atoms with Crippen LogP contribution in [0.1, 0.15) is 33.1 Å². The molecule has 0 bridgehead atoms. The minimum absolute atomic E-state index is 0.0183. The van der Waals surface area contributed by atoms with E-state index in [9.17, 15) is 9.59 Å². The lowest BCUT2D eigenvalue weighted by atomic mass is 9.81. The van der Waals surface area contributed by atoms with E-state index in [1.165, 1.54) is 0 Å². The van der Waals surface area contributed by atoms with Gasteiger partial charge in [0, 0.05) is 33.4 Å². The summed E-state index contributed by atoms with van der Waals surface area (Å²) in [5.41, 5.74) is 0. The Labute approximate surface area is 124 Å². The van der Waals surface area contributed by atoms with Crippen molar-refractivity contribution in [1.82, 2.24) is 10.2 Å². The number of morpholine rings is 1. The molecule has 2 fully saturated rings. The largest absolute Gasteiger partial charge is 0.481 e. The molecule has 7 nitrogen and oxygen atoms in total. The summed E-state index contributed by atoms with van der Waals surface area (Å²) in [4.78, 5) is 34.1. The van der Waals surface area contributed by atoms with Gasteiger partial charge in [0.25, 0.3) is 5.97 Å². The minimum atomic E-state index is -0.833. The van der Waals surface area contributed by atoms with E-state index in [1.807, 2.05) is 4.90 Å². The minimum Gasteiger partial charge on any atom is -0.481 e. The van der Waals surface area contributed by atoms with E-state index in [0.717, 1.165) is 26.2 Å². The molecular weight excluding hydrogens is 276 g/mol. The van der Waals surface area contributed by atoms with Crippen LogP contribution in [0.5, 0.6) is 0 Å². The Morgan fingerprint density at radius 1 is 1.24 bits per heavy atom. The van der Waals surface area contributed by atoms with Crippen LogP contribution >= 0.6 is 0 Å². The highest BCUT2D eigenvalue weighted by Gasteiger charge is 2.40. The summed E-state index contributed by atoms with van der Waals surface area (Å²) in [6.07, 6.45) is 2.57. The second kappa shape index (κ2) is 7.97. The maximum Gasteiger partial charge on any atom is 0.300 e. The standard InChI is InChI=1S/C12H20N2O3.C2H4O2/c1-8(15)14-5-6-17-11-4-3-9(7-10(11)14)12(16)13-2;1-2(3)4/h9-11H,3-7H2,1-2H3,(H,13,16);1H3,(H,3,4)/t9-,10+,11+;/m0./s1. The van der Waals surface area contributed by atoms with Gasteiger partial charge < -0.3 is 20.1 Å². The van der Waals surface area contributed by atoms with Crippen molar-refractivity contribution < 1.29 is 24.2 Å². The lowest BCUT2D eigenvalue weighted by Crippen LogP contribution is -2.56. The number of nitrogens with one attached hydrogen (secondary N) is 1. The molecule has 1 aliphatic carbocycles. The molecule has 120 valence electrons. The van der Waals surface area contributed by atoms with E-state index < -0.39 is 5.97 Å². The summed E-state index contributed by atoms with van der Waals surface area (Å²) in [5, 5.41) is 10.1. The van der Waals surface area contributed by atoms with Gasteiger partial charge in [-0.15, -0.1) is 0 Å². The molecule has 0 aromatic rings. The first kappa shape index (κ1) is 17.4.